The zero-order chi connectivity index (χ0) is 15.7. The number of ether oxygens (including phenoxy) is 1. The predicted molar refractivity (Wildman–Crippen MR) is 85.0 cm³/mol. The van der Waals surface area contributed by atoms with Crippen LogP contribution < -0.4 is 10.1 Å². The maximum atomic E-state index is 11.2. The Kier molecular flexibility index (Phi) is 7.83. The summed E-state index contributed by atoms with van der Waals surface area (Å²) in [5.41, 5.74) is 1.19. The van der Waals surface area contributed by atoms with Crippen LogP contribution in [-0.4, -0.2) is 30.3 Å². The van der Waals surface area contributed by atoms with E-state index in [9.17, 15) is 4.79 Å². The SMILES string of the molecule is CCCNC(CCOc1ccccc1C(C)CC)C(=O)O. The minimum absolute atomic E-state index is 0.404. The molecular formula is C17H27NO3. The van der Waals surface area contributed by atoms with Crippen molar-refractivity contribution in [1.29, 1.82) is 0 Å². The van der Waals surface area contributed by atoms with Crippen LogP contribution in [0.3, 0.4) is 0 Å². The standard InChI is InChI=1S/C17H27NO3/c1-4-11-18-15(17(19)20)10-12-21-16-9-7-6-8-14(16)13(3)5-2/h6-9,13,15,18H,4-5,10-12H2,1-3H3,(H,19,20). The lowest BCUT2D eigenvalue weighted by atomic mass is 9.98. The summed E-state index contributed by atoms with van der Waals surface area (Å²) in [5.74, 6) is 0.489. The molecular weight excluding hydrogens is 266 g/mol. The van der Waals surface area contributed by atoms with Gasteiger partial charge in [-0.05, 0) is 36.9 Å². The third-order valence-electron chi connectivity index (χ3n) is 3.67. The van der Waals surface area contributed by atoms with E-state index in [1.165, 1.54) is 5.56 Å². The molecule has 0 aromatic heterocycles. The molecule has 21 heavy (non-hydrogen) atoms. The minimum atomic E-state index is -0.817. The fraction of sp³-hybridized carbons (Fsp3) is 0.588. The molecule has 0 fully saturated rings. The first-order valence-electron chi connectivity index (χ1n) is 7.78. The average molecular weight is 293 g/mol. The van der Waals surface area contributed by atoms with Crippen LogP contribution in [0.5, 0.6) is 5.75 Å². The fourth-order valence-corrected chi connectivity index (χ4v) is 2.16. The number of aliphatic carboxylic acids is 1. The molecule has 0 aliphatic heterocycles. The molecule has 4 nitrogen and oxygen atoms in total. The second-order valence-electron chi connectivity index (χ2n) is 5.33. The van der Waals surface area contributed by atoms with Crippen LogP contribution in [0.4, 0.5) is 0 Å². The van der Waals surface area contributed by atoms with Gasteiger partial charge in [0.25, 0.3) is 0 Å². The molecule has 1 rings (SSSR count). The summed E-state index contributed by atoms with van der Waals surface area (Å²) in [4.78, 5) is 11.2. The topological polar surface area (TPSA) is 58.6 Å². The summed E-state index contributed by atoms with van der Waals surface area (Å²) in [5, 5.41) is 12.2. The van der Waals surface area contributed by atoms with Crippen molar-refractivity contribution in [3.05, 3.63) is 29.8 Å². The van der Waals surface area contributed by atoms with Gasteiger partial charge in [-0.15, -0.1) is 0 Å². The zero-order valence-corrected chi connectivity index (χ0v) is 13.3. The number of hydrogen-bond acceptors (Lipinski definition) is 3. The predicted octanol–water partition coefficient (Wildman–Crippen LogP) is 3.42. The third kappa shape index (κ3) is 5.76. The molecule has 1 aromatic carbocycles. The molecule has 1 aromatic rings. The Balaban J connectivity index is 2.56. The number of benzene rings is 1. The van der Waals surface area contributed by atoms with Gasteiger partial charge in [0.1, 0.15) is 11.8 Å². The molecule has 2 unspecified atom stereocenters. The van der Waals surface area contributed by atoms with Crippen LogP contribution in [0.2, 0.25) is 0 Å². The van der Waals surface area contributed by atoms with Gasteiger partial charge in [0.2, 0.25) is 0 Å². The first-order chi connectivity index (χ1) is 10.1. The van der Waals surface area contributed by atoms with Crippen LogP contribution in [-0.2, 0) is 4.79 Å². The molecule has 4 heteroatoms. The number of para-hydroxylation sites is 1. The molecule has 2 N–H and O–H groups in total. The minimum Gasteiger partial charge on any atom is -0.493 e. The van der Waals surface area contributed by atoms with E-state index in [1.54, 1.807) is 0 Å². The fourth-order valence-electron chi connectivity index (χ4n) is 2.16. The van der Waals surface area contributed by atoms with Crippen LogP contribution in [0.1, 0.15) is 51.5 Å². The number of nitrogens with one attached hydrogen (secondary N) is 1. The maximum Gasteiger partial charge on any atom is 0.320 e. The summed E-state index contributed by atoms with van der Waals surface area (Å²) >= 11 is 0. The zero-order valence-electron chi connectivity index (χ0n) is 13.3. The van der Waals surface area contributed by atoms with Crippen molar-refractivity contribution < 1.29 is 14.6 Å². The highest BCUT2D eigenvalue weighted by atomic mass is 16.5. The van der Waals surface area contributed by atoms with Gasteiger partial charge < -0.3 is 15.2 Å². The summed E-state index contributed by atoms with van der Waals surface area (Å²) in [6.07, 6.45) is 2.43. The van der Waals surface area contributed by atoms with Gasteiger partial charge in [0.15, 0.2) is 0 Å². The van der Waals surface area contributed by atoms with E-state index >= 15 is 0 Å². The third-order valence-corrected chi connectivity index (χ3v) is 3.67. The number of carboxylic acids is 1. The van der Waals surface area contributed by atoms with Crippen LogP contribution in [0.25, 0.3) is 0 Å². The number of carboxylic acid groups (broad SMARTS) is 1. The largest absolute Gasteiger partial charge is 0.493 e. The van der Waals surface area contributed by atoms with E-state index in [2.05, 4.69) is 25.2 Å². The second kappa shape index (κ2) is 9.40. The Morgan fingerprint density at radius 3 is 2.67 bits per heavy atom. The van der Waals surface area contributed by atoms with Gasteiger partial charge in [-0.2, -0.15) is 0 Å². The molecule has 0 saturated heterocycles. The van der Waals surface area contributed by atoms with Crippen LogP contribution >= 0.6 is 0 Å². The molecule has 0 saturated carbocycles. The quantitative estimate of drug-likeness (QED) is 0.694. The Labute approximate surface area is 127 Å². The maximum absolute atomic E-state index is 11.2. The van der Waals surface area contributed by atoms with Crippen molar-refractivity contribution in [3.8, 4) is 5.75 Å². The normalized spacial score (nSPS) is 13.7. The molecule has 0 aliphatic rings. The van der Waals surface area contributed by atoms with Crippen molar-refractivity contribution in [1.82, 2.24) is 5.32 Å². The summed E-state index contributed by atoms with van der Waals surface area (Å²) in [7, 11) is 0. The highest BCUT2D eigenvalue weighted by Crippen LogP contribution is 2.28. The molecule has 0 bridgehead atoms. The lowest BCUT2D eigenvalue weighted by molar-refractivity contribution is -0.139. The van der Waals surface area contributed by atoms with Gasteiger partial charge >= 0.3 is 5.97 Å². The molecule has 0 aliphatic carbocycles. The summed E-state index contributed by atoms with van der Waals surface area (Å²) in [6, 6.07) is 7.45. The molecule has 0 radical (unpaired) electrons. The van der Waals surface area contributed by atoms with Crippen LogP contribution in [0, 0.1) is 0 Å². The Hall–Kier alpha value is -1.55. The Morgan fingerprint density at radius 2 is 2.05 bits per heavy atom. The molecule has 0 spiro atoms. The molecule has 0 heterocycles. The van der Waals surface area contributed by atoms with Gasteiger partial charge in [-0.25, -0.2) is 0 Å². The van der Waals surface area contributed by atoms with Gasteiger partial charge in [-0.1, -0.05) is 39.0 Å². The summed E-state index contributed by atoms with van der Waals surface area (Å²) < 4.78 is 5.82. The smallest absolute Gasteiger partial charge is 0.320 e. The van der Waals surface area contributed by atoms with E-state index < -0.39 is 12.0 Å². The van der Waals surface area contributed by atoms with Crippen molar-refractivity contribution >= 4 is 5.97 Å². The van der Waals surface area contributed by atoms with E-state index in [-0.39, 0.29) is 0 Å². The van der Waals surface area contributed by atoms with E-state index in [0.29, 0.717) is 25.5 Å². The average Bonchev–Trinajstić information content (AvgIpc) is 2.50. The van der Waals surface area contributed by atoms with Crippen molar-refractivity contribution in [2.75, 3.05) is 13.2 Å². The molecule has 2 atom stereocenters. The van der Waals surface area contributed by atoms with Crippen molar-refractivity contribution in [3.63, 3.8) is 0 Å². The Bertz CT molecular complexity index is 434. The Morgan fingerprint density at radius 1 is 1.33 bits per heavy atom. The first-order valence-corrected chi connectivity index (χ1v) is 7.78. The van der Waals surface area contributed by atoms with Crippen molar-refractivity contribution in [2.45, 2.75) is 52.0 Å². The van der Waals surface area contributed by atoms with Gasteiger partial charge in [-0.3, -0.25) is 4.79 Å². The highest BCUT2D eigenvalue weighted by molar-refractivity contribution is 5.73. The van der Waals surface area contributed by atoms with E-state index in [1.807, 2.05) is 25.1 Å². The van der Waals surface area contributed by atoms with Crippen LogP contribution in [0.15, 0.2) is 24.3 Å². The van der Waals surface area contributed by atoms with Gasteiger partial charge in [0.05, 0.1) is 6.61 Å². The number of hydrogen-bond donors (Lipinski definition) is 2. The monoisotopic (exact) mass is 293 g/mol. The van der Waals surface area contributed by atoms with Gasteiger partial charge in [0, 0.05) is 6.42 Å². The lowest BCUT2D eigenvalue weighted by Gasteiger charge is -2.18. The van der Waals surface area contributed by atoms with E-state index in [0.717, 1.165) is 18.6 Å². The lowest BCUT2D eigenvalue weighted by Crippen LogP contribution is -2.38. The molecule has 0 amide bonds. The van der Waals surface area contributed by atoms with E-state index in [4.69, 9.17) is 9.84 Å². The van der Waals surface area contributed by atoms with Crippen molar-refractivity contribution in [2.24, 2.45) is 0 Å². The second-order valence-corrected chi connectivity index (χ2v) is 5.33. The number of rotatable bonds is 10. The first kappa shape index (κ1) is 17.5. The highest BCUT2D eigenvalue weighted by Gasteiger charge is 2.16. The number of carbonyl (C=O) groups is 1. The summed E-state index contributed by atoms with van der Waals surface area (Å²) in [6.45, 7) is 7.45. The molecule has 118 valence electrons.